The first-order chi connectivity index (χ1) is 6.09. The van der Waals surface area contributed by atoms with Gasteiger partial charge in [0.1, 0.15) is 5.69 Å². The van der Waals surface area contributed by atoms with Crippen molar-refractivity contribution in [3.05, 3.63) is 18.2 Å². The first-order valence-corrected chi connectivity index (χ1v) is 4.35. The first-order valence-electron chi connectivity index (χ1n) is 4.35. The summed E-state index contributed by atoms with van der Waals surface area (Å²) in [4.78, 5) is 15.3. The fourth-order valence-corrected chi connectivity index (χ4v) is 0.917. The van der Waals surface area contributed by atoms with Crippen molar-refractivity contribution in [1.29, 1.82) is 0 Å². The third-order valence-electron chi connectivity index (χ3n) is 1.61. The van der Waals surface area contributed by atoms with Crippen LogP contribution in [0.1, 0.15) is 24.3 Å². The molecule has 0 bridgehead atoms. The minimum absolute atomic E-state index is 0.102. The van der Waals surface area contributed by atoms with Crippen LogP contribution < -0.4 is 5.32 Å². The van der Waals surface area contributed by atoms with E-state index in [0.29, 0.717) is 18.2 Å². The van der Waals surface area contributed by atoms with E-state index in [9.17, 15) is 4.79 Å². The highest BCUT2D eigenvalue weighted by Gasteiger charge is 2.07. The maximum atomic E-state index is 11.4. The van der Waals surface area contributed by atoms with Crippen molar-refractivity contribution in [2.45, 2.75) is 13.8 Å². The van der Waals surface area contributed by atoms with Crippen molar-refractivity contribution >= 4 is 5.91 Å². The monoisotopic (exact) mass is 181 g/mol. The van der Waals surface area contributed by atoms with E-state index in [1.54, 1.807) is 17.1 Å². The van der Waals surface area contributed by atoms with Gasteiger partial charge < -0.3 is 9.88 Å². The Morgan fingerprint density at radius 1 is 1.69 bits per heavy atom. The molecule has 1 aromatic rings. The zero-order chi connectivity index (χ0) is 9.84. The molecule has 0 saturated heterocycles. The lowest BCUT2D eigenvalue weighted by Crippen LogP contribution is -2.27. The van der Waals surface area contributed by atoms with Crippen LogP contribution in [-0.4, -0.2) is 22.0 Å². The second-order valence-electron chi connectivity index (χ2n) is 3.53. The minimum atomic E-state index is -0.102. The smallest absolute Gasteiger partial charge is 0.271 e. The van der Waals surface area contributed by atoms with Gasteiger partial charge in [0.15, 0.2) is 0 Å². The van der Waals surface area contributed by atoms with Crippen molar-refractivity contribution in [3.63, 3.8) is 0 Å². The molecule has 1 aromatic heterocycles. The van der Waals surface area contributed by atoms with Crippen molar-refractivity contribution in [1.82, 2.24) is 14.9 Å². The Morgan fingerprint density at radius 2 is 2.38 bits per heavy atom. The van der Waals surface area contributed by atoms with E-state index in [-0.39, 0.29) is 5.91 Å². The largest absolute Gasteiger partial charge is 0.350 e. The fraction of sp³-hybridized carbons (Fsp3) is 0.556. The maximum absolute atomic E-state index is 11.4. The lowest BCUT2D eigenvalue weighted by atomic mass is 10.2. The quantitative estimate of drug-likeness (QED) is 0.750. The normalized spacial score (nSPS) is 10.5. The van der Waals surface area contributed by atoms with Crippen LogP contribution in [0.3, 0.4) is 0 Å². The number of nitrogens with one attached hydrogen (secondary N) is 1. The summed E-state index contributed by atoms with van der Waals surface area (Å²) in [6.45, 7) is 4.80. The van der Waals surface area contributed by atoms with Gasteiger partial charge in [0.25, 0.3) is 5.91 Å². The van der Waals surface area contributed by atoms with Gasteiger partial charge >= 0.3 is 0 Å². The highest BCUT2D eigenvalue weighted by atomic mass is 16.1. The molecule has 0 aliphatic carbocycles. The predicted octanol–water partition coefficient (Wildman–Crippen LogP) is 0.806. The third-order valence-corrected chi connectivity index (χ3v) is 1.61. The summed E-state index contributed by atoms with van der Waals surface area (Å²) in [5.74, 6) is 0.363. The number of rotatable bonds is 3. The van der Waals surface area contributed by atoms with Crippen LogP contribution in [0.2, 0.25) is 0 Å². The molecule has 0 aliphatic heterocycles. The summed E-state index contributed by atoms with van der Waals surface area (Å²) in [6.07, 6.45) is 3.32. The molecule has 1 heterocycles. The number of imidazole rings is 1. The number of nitrogens with zero attached hydrogens (tertiary/aromatic N) is 2. The lowest BCUT2D eigenvalue weighted by molar-refractivity contribution is 0.0944. The van der Waals surface area contributed by atoms with Crippen LogP contribution in [0.15, 0.2) is 12.5 Å². The van der Waals surface area contributed by atoms with Gasteiger partial charge in [0.2, 0.25) is 0 Å². The molecule has 1 rings (SSSR count). The number of hydrogen-bond acceptors (Lipinski definition) is 2. The van der Waals surface area contributed by atoms with Gasteiger partial charge in [0.05, 0.1) is 6.33 Å². The summed E-state index contributed by atoms with van der Waals surface area (Å²) in [5.41, 5.74) is 0.475. The molecule has 0 saturated carbocycles. The third kappa shape index (κ3) is 2.89. The zero-order valence-corrected chi connectivity index (χ0v) is 8.24. The molecular weight excluding hydrogens is 166 g/mol. The number of aryl methyl sites for hydroxylation is 1. The number of hydrogen-bond donors (Lipinski definition) is 1. The van der Waals surface area contributed by atoms with Crippen LogP contribution in [0.5, 0.6) is 0 Å². The minimum Gasteiger partial charge on any atom is -0.350 e. The predicted molar refractivity (Wildman–Crippen MR) is 50.4 cm³/mol. The highest BCUT2D eigenvalue weighted by molar-refractivity contribution is 5.91. The first kappa shape index (κ1) is 9.77. The molecular formula is C9H15N3O. The van der Waals surface area contributed by atoms with Gasteiger partial charge in [-0.05, 0) is 5.92 Å². The van der Waals surface area contributed by atoms with Crippen LogP contribution in [0, 0.1) is 5.92 Å². The zero-order valence-electron chi connectivity index (χ0n) is 8.24. The average molecular weight is 181 g/mol. The van der Waals surface area contributed by atoms with Crippen molar-refractivity contribution in [2.24, 2.45) is 13.0 Å². The average Bonchev–Trinajstić information content (AvgIpc) is 2.47. The van der Waals surface area contributed by atoms with E-state index < -0.39 is 0 Å². The molecule has 0 fully saturated rings. The molecule has 72 valence electrons. The van der Waals surface area contributed by atoms with Gasteiger partial charge in [-0.15, -0.1) is 0 Å². The second-order valence-corrected chi connectivity index (χ2v) is 3.53. The molecule has 1 N–H and O–H groups in total. The molecule has 0 aliphatic rings. The molecule has 4 nitrogen and oxygen atoms in total. The van der Waals surface area contributed by atoms with Gasteiger partial charge in [0, 0.05) is 19.8 Å². The summed E-state index contributed by atoms with van der Waals surface area (Å²) in [6, 6.07) is 0. The standard InChI is InChI=1S/C9H15N3O/c1-7(2)4-10-9(13)8-5-12(3)6-11-8/h5-7H,4H2,1-3H3,(H,10,13). The molecule has 4 heteroatoms. The van der Waals surface area contributed by atoms with Gasteiger partial charge in [-0.1, -0.05) is 13.8 Å². The van der Waals surface area contributed by atoms with E-state index in [1.165, 1.54) is 0 Å². The van der Waals surface area contributed by atoms with Crippen molar-refractivity contribution < 1.29 is 4.79 Å². The molecule has 0 spiro atoms. The van der Waals surface area contributed by atoms with E-state index in [4.69, 9.17) is 0 Å². The summed E-state index contributed by atoms with van der Waals surface area (Å²) >= 11 is 0. The van der Waals surface area contributed by atoms with Gasteiger partial charge in [-0.3, -0.25) is 4.79 Å². The summed E-state index contributed by atoms with van der Waals surface area (Å²) < 4.78 is 1.75. The van der Waals surface area contributed by atoms with Crippen LogP contribution in [0.25, 0.3) is 0 Å². The molecule has 1 amide bonds. The summed E-state index contributed by atoms with van der Waals surface area (Å²) in [5, 5.41) is 2.80. The Morgan fingerprint density at radius 3 is 2.85 bits per heavy atom. The lowest BCUT2D eigenvalue weighted by Gasteiger charge is -2.04. The Hall–Kier alpha value is -1.32. The van der Waals surface area contributed by atoms with Crippen molar-refractivity contribution in [3.8, 4) is 0 Å². The number of carbonyl (C=O) groups is 1. The van der Waals surface area contributed by atoms with Crippen molar-refractivity contribution in [2.75, 3.05) is 6.54 Å². The van der Waals surface area contributed by atoms with Crippen LogP contribution in [0.4, 0.5) is 0 Å². The van der Waals surface area contributed by atoms with E-state index >= 15 is 0 Å². The Bertz CT molecular complexity index is 291. The highest BCUT2D eigenvalue weighted by Crippen LogP contribution is 1.94. The summed E-state index contributed by atoms with van der Waals surface area (Å²) in [7, 11) is 1.84. The molecule has 13 heavy (non-hydrogen) atoms. The number of carbonyl (C=O) groups excluding carboxylic acids is 1. The van der Waals surface area contributed by atoms with E-state index in [1.807, 2.05) is 7.05 Å². The van der Waals surface area contributed by atoms with Crippen LogP contribution >= 0.6 is 0 Å². The van der Waals surface area contributed by atoms with E-state index in [0.717, 1.165) is 0 Å². The SMILES string of the molecule is CC(C)CNC(=O)c1cn(C)cn1. The Balaban J connectivity index is 2.49. The Labute approximate surface area is 78.0 Å². The molecule has 0 unspecified atom stereocenters. The topological polar surface area (TPSA) is 46.9 Å². The molecule has 0 aromatic carbocycles. The van der Waals surface area contributed by atoms with Gasteiger partial charge in [-0.25, -0.2) is 4.98 Å². The maximum Gasteiger partial charge on any atom is 0.271 e. The fourth-order valence-electron chi connectivity index (χ4n) is 0.917. The number of amides is 1. The van der Waals surface area contributed by atoms with Crippen LogP contribution in [-0.2, 0) is 7.05 Å². The number of aromatic nitrogens is 2. The Kier molecular flexibility index (Phi) is 3.06. The van der Waals surface area contributed by atoms with E-state index in [2.05, 4.69) is 24.1 Å². The molecule has 0 atom stereocenters. The molecule has 0 radical (unpaired) electrons. The second kappa shape index (κ2) is 4.07. The van der Waals surface area contributed by atoms with Gasteiger partial charge in [-0.2, -0.15) is 0 Å².